The number of hydrogen-bond donors (Lipinski definition) is 2. The maximum Gasteiger partial charge on any atom is 0.422 e. The predicted octanol–water partition coefficient (Wildman–Crippen LogP) is 1.96. The van der Waals surface area contributed by atoms with Crippen LogP contribution in [0.25, 0.3) is 0 Å². The highest BCUT2D eigenvalue weighted by Crippen LogP contribution is 2.19. The molecule has 1 aromatic heterocycles. The summed E-state index contributed by atoms with van der Waals surface area (Å²) in [5, 5.41) is 5.76. The molecule has 2 unspecified atom stereocenters. The molecule has 2 rings (SSSR count). The largest absolute Gasteiger partial charge is 0.468 e. The number of alkyl halides is 3. The maximum atomic E-state index is 12.0. The number of ether oxygens (including phenoxy) is 1. The van der Waals surface area contributed by atoms with E-state index in [1.165, 1.54) is 18.3 Å². The van der Waals surface area contributed by atoms with E-state index >= 15 is 0 Å². The molecule has 1 aliphatic rings. The van der Waals surface area contributed by atoms with E-state index in [2.05, 4.69) is 20.4 Å². The van der Waals surface area contributed by atoms with Gasteiger partial charge in [-0.2, -0.15) is 13.2 Å². The number of anilines is 1. The summed E-state index contributed by atoms with van der Waals surface area (Å²) < 4.78 is 40.4. The number of hydrogen-bond acceptors (Lipinski definition) is 4. The summed E-state index contributed by atoms with van der Waals surface area (Å²) >= 11 is 0. The van der Waals surface area contributed by atoms with Gasteiger partial charge in [-0.3, -0.25) is 4.79 Å². The zero-order valence-electron chi connectivity index (χ0n) is 11.4. The molecule has 0 aliphatic carbocycles. The Morgan fingerprint density at radius 3 is 2.81 bits per heavy atom. The number of rotatable bonds is 4. The lowest BCUT2D eigenvalue weighted by atomic mass is 10.0. The summed E-state index contributed by atoms with van der Waals surface area (Å²) in [6.45, 7) is 1.38. The average molecular weight is 303 g/mol. The molecule has 1 amide bonds. The van der Waals surface area contributed by atoms with Crippen LogP contribution in [-0.2, 0) is 4.79 Å². The van der Waals surface area contributed by atoms with E-state index in [4.69, 9.17) is 0 Å². The van der Waals surface area contributed by atoms with Gasteiger partial charge in [-0.15, -0.1) is 0 Å². The summed E-state index contributed by atoms with van der Waals surface area (Å²) in [5.41, 5.74) is 0.417. The first-order chi connectivity index (χ1) is 9.85. The Kier molecular flexibility index (Phi) is 4.66. The van der Waals surface area contributed by atoms with Crippen LogP contribution in [0.5, 0.6) is 5.88 Å². The topological polar surface area (TPSA) is 63.2 Å². The highest BCUT2D eigenvalue weighted by molar-refractivity contribution is 5.95. The van der Waals surface area contributed by atoms with Gasteiger partial charge in [0.15, 0.2) is 6.61 Å². The molecule has 0 bridgehead atoms. The van der Waals surface area contributed by atoms with E-state index < -0.39 is 12.8 Å². The van der Waals surface area contributed by atoms with Gasteiger partial charge in [0.05, 0.1) is 17.9 Å². The second-order valence-electron chi connectivity index (χ2n) is 4.98. The minimum atomic E-state index is -4.40. The van der Waals surface area contributed by atoms with Crippen LogP contribution in [0, 0.1) is 5.92 Å². The zero-order chi connectivity index (χ0) is 15.5. The predicted molar refractivity (Wildman–Crippen MR) is 70.0 cm³/mol. The average Bonchev–Trinajstić information content (AvgIpc) is 2.83. The molecule has 0 aromatic carbocycles. The van der Waals surface area contributed by atoms with Gasteiger partial charge in [-0.25, -0.2) is 4.98 Å². The van der Waals surface area contributed by atoms with Crippen molar-refractivity contribution in [3.05, 3.63) is 18.3 Å². The molecular formula is C13H16F3N3O2. The van der Waals surface area contributed by atoms with Crippen molar-refractivity contribution >= 4 is 11.6 Å². The number of halogens is 3. The highest BCUT2D eigenvalue weighted by atomic mass is 19.4. The van der Waals surface area contributed by atoms with Gasteiger partial charge in [0, 0.05) is 6.07 Å². The first-order valence-corrected chi connectivity index (χ1v) is 6.55. The smallest absolute Gasteiger partial charge is 0.422 e. The molecule has 116 valence electrons. The number of nitrogens with one attached hydrogen (secondary N) is 2. The van der Waals surface area contributed by atoms with Crippen molar-refractivity contribution in [1.29, 1.82) is 0 Å². The third-order valence-electron chi connectivity index (χ3n) is 3.20. The van der Waals surface area contributed by atoms with E-state index in [1.54, 1.807) is 0 Å². The Balaban J connectivity index is 1.89. The van der Waals surface area contributed by atoms with Gasteiger partial charge >= 0.3 is 6.18 Å². The van der Waals surface area contributed by atoms with Gasteiger partial charge < -0.3 is 15.4 Å². The van der Waals surface area contributed by atoms with Crippen LogP contribution in [0.3, 0.4) is 0 Å². The molecule has 0 spiro atoms. The van der Waals surface area contributed by atoms with Gasteiger partial charge in [-0.1, -0.05) is 6.92 Å². The van der Waals surface area contributed by atoms with Crippen molar-refractivity contribution in [1.82, 2.24) is 10.3 Å². The standard InChI is InChI=1S/C13H16F3N3O2/c1-8-4-5-17-11(8)12(20)19-9-2-3-10(18-6-9)21-7-13(14,15)16/h2-3,6,8,11,17H,4-5,7H2,1H3,(H,19,20). The Hall–Kier alpha value is -1.83. The molecule has 2 N–H and O–H groups in total. The fraction of sp³-hybridized carbons (Fsp3) is 0.538. The summed E-state index contributed by atoms with van der Waals surface area (Å²) in [5.74, 6) is -0.0733. The molecule has 0 saturated carbocycles. The third kappa shape index (κ3) is 4.59. The number of nitrogens with zero attached hydrogens (tertiary/aromatic N) is 1. The van der Waals surface area contributed by atoms with E-state index in [9.17, 15) is 18.0 Å². The first kappa shape index (κ1) is 15.6. The van der Waals surface area contributed by atoms with Gasteiger partial charge in [0.2, 0.25) is 11.8 Å². The van der Waals surface area contributed by atoms with Crippen LogP contribution in [0.2, 0.25) is 0 Å². The highest BCUT2D eigenvalue weighted by Gasteiger charge is 2.30. The Morgan fingerprint density at radius 1 is 1.52 bits per heavy atom. The quantitative estimate of drug-likeness (QED) is 0.892. The van der Waals surface area contributed by atoms with E-state index in [-0.39, 0.29) is 23.7 Å². The third-order valence-corrected chi connectivity index (χ3v) is 3.20. The maximum absolute atomic E-state index is 12.0. The van der Waals surface area contributed by atoms with Crippen molar-refractivity contribution in [2.24, 2.45) is 5.92 Å². The lowest BCUT2D eigenvalue weighted by molar-refractivity contribution is -0.154. The molecule has 1 saturated heterocycles. The van der Waals surface area contributed by atoms with Crippen molar-refractivity contribution in [2.75, 3.05) is 18.5 Å². The van der Waals surface area contributed by atoms with Crippen LogP contribution >= 0.6 is 0 Å². The molecule has 2 atom stereocenters. The number of aromatic nitrogens is 1. The Bertz CT molecular complexity index is 490. The van der Waals surface area contributed by atoms with Gasteiger partial charge in [-0.05, 0) is 24.9 Å². The van der Waals surface area contributed by atoms with E-state index in [1.807, 2.05) is 6.92 Å². The monoisotopic (exact) mass is 303 g/mol. The first-order valence-electron chi connectivity index (χ1n) is 6.55. The zero-order valence-corrected chi connectivity index (χ0v) is 11.4. The minimum absolute atomic E-state index is 0.141. The second-order valence-corrected chi connectivity index (χ2v) is 4.98. The fourth-order valence-corrected chi connectivity index (χ4v) is 2.10. The molecule has 5 nitrogen and oxygen atoms in total. The summed E-state index contributed by atoms with van der Waals surface area (Å²) in [7, 11) is 0. The molecule has 1 fully saturated rings. The SMILES string of the molecule is CC1CCNC1C(=O)Nc1ccc(OCC(F)(F)F)nc1. The van der Waals surface area contributed by atoms with E-state index in [0.717, 1.165) is 13.0 Å². The summed E-state index contributed by atoms with van der Waals surface area (Å²) in [4.78, 5) is 15.7. The van der Waals surface area contributed by atoms with E-state index in [0.29, 0.717) is 5.69 Å². The Morgan fingerprint density at radius 2 is 2.29 bits per heavy atom. The molecule has 1 aliphatic heterocycles. The number of amides is 1. The molecule has 2 heterocycles. The summed E-state index contributed by atoms with van der Waals surface area (Å²) in [6.07, 6.45) is -2.21. The lowest BCUT2D eigenvalue weighted by Gasteiger charge is -2.15. The fourth-order valence-electron chi connectivity index (χ4n) is 2.10. The molecule has 0 radical (unpaired) electrons. The van der Waals surface area contributed by atoms with Crippen LogP contribution in [0.15, 0.2) is 18.3 Å². The van der Waals surface area contributed by atoms with Crippen LogP contribution in [-0.4, -0.2) is 36.3 Å². The van der Waals surface area contributed by atoms with Crippen molar-refractivity contribution < 1.29 is 22.7 Å². The van der Waals surface area contributed by atoms with Crippen LogP contribution in [0.4, 0.5) is 18.9 Å². The van der Waals surface area contributed by atoms with Crippen LogP contribution in [0.1, 0.15) is 13.3 Å². The van der Waals surface area contributed by atoms with Crippen molar-refractivity contribution in [3.63, 3.8) is 0 Å². The minimum Gasteiger partial charge on any atom is -0.468 e. The summed E-state index contributed by atoms with van der Waals surface area (Å²) in [6, 6.07) is 2.48. The lowest BCUT2D eigenvalue weighted by Crippen LogP contribution is -2.39. The number of carbonyl (C=O) groups excluding carboxylic acids is 1. The van der Waals surface area contributed by atoms with Crippen LogP contribution < -0.4 is 15.4 Å². The van der Waals surface area contributed by atoms with Crippen molar-refractivity contribution in [2.45, 2.75) is 25.6 Å². The van der Waals surface area contributed by atoms with Gasteiger partial charge in [0.25, 0.3) is 0 Å². The molecule has 8 heteroatoms. The van der Waals surface area contributed by atoms with Crippen molar-refractivity contribution in [3.8, 4) is 5.88 Å². The Labute approximate surface area is 119 Å². The number of carbonyl (C=O) groups is 1. The normalized spacial score (nSPS) is 22.1. The second kappa shape index (κ2) is 6.30. The molecule has 1 aromatic rings. The molecular weight excluding hydrogens is 287 g/mol. The van der Waals surface area contributed by atoms with Gasteiger partial charge in [0.1, 0.15) is 0 Å². The number of pyridine rings is 1. The molecule has 21 heavy (non-hydrogen) atoms.